The van der Waals surface area contributed by atoms with Crippen molar-refractivity contribution in [2.45, 2.75) is 59.0 Å². The Hall–Kier alpha value is -1.10. The largest absolute Gasteiger partial charge is 0.480 e. The van der Waals surface area contributed by atoms with Gasteiger partial charge in [-0.15, -0.1) is 0 Å². The first-order chi connectivity index (χ1) is 8.25. The zero-order valence-corrected chi connectivity index (χ0v) is 11.8. The van der Waals surface area contributed by atoms with Crippen molar-refractivity contribution in [3.8, 4) is 0 Å². The number of carbonyl (C=O) groups excluding carboxylic acids is 1. The molecule has 0 rings (SSSR count). The number of nitrogens with zero attached hydrogens (tertiary/aromatic N) is 1. The van der Waals surface area contributed by atoms with E-state index in [4.69, 9.17) is 10.8 Å². The summed E-state index contributed by atoms with van der Waals surface area (Å²) in [5.41, 5.74) is 5.66. The number of carboxylic acid groups (broad SMARTS) is 1. The van der Waals surface area contributed by atoms with Crippen LogP contribution in [0.1, 0.15) is 47.0 Å². The van der Waals surface area contributed by atoms with E-state index in [-0.39, 0.29) is 30.5 Å². The maximum absolute atomic E-state index is 12.1. The molecule has 0 heterocycles. The molecular formula is C13H26N2O3. The fraction of sp³-hybridized carbons (Fsp3) is 0.846. The van der Waals surface area contributed by atoms with E-state index in [1.165, 1.54) is 4.90 Å². The Morgan fingerprint density at radius 1 is 1.17 bits per heavy atom. The summed E-state index contributed by atoms with van der Waals surface area (Å²) in [7, 11) is 0. The summed E-state index contributed by atoms with van der Waals surface area (Å²) >= 11 is 0. The molecule has 0 aliphatic carbocycles. The van der Waals surface area contributed by atoms with Crippen LogP contribution in [-0.2, 0) is 9.59 Å². The van der Waals surface area contributed by atoms with Gasteiger partial charge in [-0.1, -0.05) is 13.3 Å². The Morgan fingerprint density at radius 3 is 2.11 bits per heavy atom. The third kappa shape index (κ3) is 6.59. The van der Waals surface area contributed by atoms with E-state index in [2.05, 4.69) is 0 Å². The quantitative estimate of drug-likeness (QED) is 0.690. The highest BCUT2D eigenvalue weighted by Crippen LogP contribution is 2.14. The van der Waals surface area contributed by atoms with Gasteiger partial charge in [0, 0.05) is 18.0 Å². The van der Waals surface area contributed by atoms with Crippen molar-refractivity contribution in [2.24, 2.45) is 11.7 Å². The summed E-state index contributed by atoms with van der Waals surface area (Å²) in [5.74, 6) is -1.21. The van der Waals surface area contributed by atoms with Gasteiger partial charge in [-0.05, 0) is 33.6 Å². The van der Waals surface area contributed by atoms with Crippen LogP contribution in [0.15, 0.2) is 0 Å². The van der Waals surface area contributed by atoms with Crippen LogP contribution in [-0.4, -0.2) is 40.5 Å². The molecule has 2 unspecified atom stereocenters. The molecule has 0 aromatic carbocycles. The van der Waals surface area contributed by atoms with Crippen molar-refractivity contribution in [3.63, 3.8) is 0 Å². The van der Waals surface area contributed by atoms with E-state index in [0.29, 0.717) is 0 Å². The van der Waals surface area contributed by atoms with Crippen LogP contribution in [0.4, 0.5) is 0 Å². The first-order valence-corrected chi connectivity index (χ1v) is 6.53. The van der Waals surface area contributed by atoms with Crippen molar-refractivity contribution in [1.82, 2.24) is 4.90 Å². The lowest BCUT2D eigenvalue weighted by Gasteiger charge is -2.28. The van der Waals surface area contributed by atoms with Gasteiger partial charge in [-0.2, -0.15) is 0 Å². The van der Waals surface area contributed by atoms with Crippen LogP contribution in [0, 0.1) is 5.92 Å². The summed E-state index contributed by atoms with van der Waals surface area (Å²) < 4.78 is 0. The maximum Gasteiger partial charge on any atom is 0.323 e. The standard InChI is InChI=1S/C13H26N2O3/c1-9(2)15(8-12(16)17)13(18)10(3)6-5-7-11(4)14/h9-11H,5-8,14H2,1-4H3,(H,16,17). The van der Waals surface area contributed by atoms with Gasteiger partial charge >= 0.3 is 5.97 Å². The Labute approximate surface area is 109 Å². The smallest absolute Gasteiger partial charge is 0.323 e. The Balaban J connectivity index is 4.33. The lowest BCUT2D eigenvalue weighted by molar-refractivity contribution is -0.147. The second kappa shape index (κ2) is 8.08. The fourth-order valence-corrected chi connectivity index (χ4v) is 1.81. The van der Waals surface area contributed by atoms with Gasteiger partial charge in [0.05, 0.1) is 0 Å². The van der Waals surface area contributed by atoms with Crippen molar-refractivity contribution < 1.29 is 14.7 Å². The van der Waals surface area contributed by atoms with Crippen LogP contribution < -0.4 is 5.73 Å². The van der Waals surface area contributed by atoms with Crippen LogP contribution in [0.25, 0.3) is 0 Å². The van der Waals surface area contributed by atoms with E-state index in [0.717, 1.165) is 19.3 Å². The molecule has 0 aliphatic rings. The van der Waals surface area contributed by atoms with Crippen molar-refractivity contribution in [3.05, 3.63) is 0 Å². The molecule has 1 amide bonds. The number of aliphatic carboxylic acids is 1. The third-order valence-electron chi connectivity index (χ3n) is 2.93. The topological polar surface area (TPSA) is 83.6 Å². The maximum atomic E-state index is 12.1. The molecule has 0 saturated carbocycles. The normalized spacial score (nSPS) is 14.3. The SMILES string of the molecule is CC(N)CCCC(C)C(=O)N(CC(=O)O)C(C)C. The number of rotatable bonds is 8. The molecule has 0 fully saturated rings. The third-order valence-corrected chi connectivity index (χ3v) is 2.93. The van der Waals surface area contributed by atoms with Crippen molar-refractivity contribution in [2.75, 3.05) is 6.54 Å². The molecule has 106 valence electrons. The highest BCUT2D eigenvalue weighted by atomic mass is 16.4. The highest BCUT2D eigenvalue weighted by Gasteiger charge is 2.24. The van der Waals surface area contributed by atoms with Crippen molar-refractivity contribution >= 4 is 11.9 Å². The summed E-state index contributed by atoms with van der Waals surface area (Å²) in [6.45, 7) is 7.22. The zero-order valence-electron chi connectivity index (χ0n) is 11.8. The van der Waals surface area contributed by atoms with Gasteiger partial charge in [0.25, 0.3) is 0 Å². The van der Waals surface area contributed by atoms with Gasteiger partial charge in [0.15, 0.2) is 0 Å². The molecule has 5 heteroatoms. The molecule has 0 radical (unpaired) electrons. The van der Waals surface area contributed by atoms with Gasteiger partial charge in [0.1, 0.15) is 6.54 Å². The predicted molar refractivity (Wildman–Crippen MR) is 71.1 cm³/mol. The molecule has 2 atom stereocenters. The van der Waals surface area contributed by atoms with Gasteiger partial charge < -0.3 is 15.7 Å². The first-order valence-electron chi connectivity index (χ1n) is 6.53. The van der Waals surface area contributed by atoms with E-state index in [9.17, 15) is 9.59 Å². The number of carbonyl (C=O) groups is 2. The Kier molecular flexibility index (Phi) is 7.59. The summed E-state index contributed by atoms with van der Waals surface area (Å²) in [6, 6.07) is 0.0528. The average Bonchev–Trinajstić information content (AvgIpc) is 2.23. The molecule has 0 aliphatic heterocycles. The number of hydrogen-bond donors (Lipinski definition) is 2. The minimum Gasteiger partial charge on any atom is -0.480 e. The predicted octanol–water partition coefficient (Wildman–Crippen LogP) is 1.46. The number of amides is 1. The minimum atomic E-state index is -0.972. The molecule has 0 bridgehead atoms. The molecule has 0 aromatic heterocycles. The monoisotopic (exact) mass is 258 g/mol. The van der Waals surface area contributed by atoms with E-state index in [1.807, 2.05) is 27.7 Å². The molecular weight excluding hydrogens is 232 g/mol. The summed E-state index contributed by atoms with van der Waals surface area (Å²) in [4.78, 5) is 24.3. The molecule has 5 nitrogen and oxygen atoms in total. The number of carboxylic acids is 1. The number of nitrogens with two attached hydrogens (primary N) is 1. The van der Waals surface area contributed by atoms with E-state index >= 15 is 0 Å². The van der Waals surface area contributed by atoms with Crippen LogP contribution in [0.2, 0.25) is 0 Å². The van der Waals surface area contributed by atoms with Crippen LogP contribution >= 0.6 is 0 Å². The molecule has 0 aromatic rings. The van der Waals surface area contributed by atoms with Gasteiger partial charge in [-0.25, -0.2) is 0 Å². The molecule has 3 N–H and O–H groups in total. The minimum absolute atomic E-state index is 0.0860. The second-order valence-corrected chi connectivity index (χ2v) is 5.26. The number of hydrogen-bond acceptors (Lipinski definition) is 3. The van der Waals surface area contributed by atoms with E-state index in [1.54, 1.807) is 0 Å². The molecule has 0 spiro atoms. The Morgan fingerprint density at radius 2 is 1.72 bits per heavy atom. The molecule has 0 saturated heterocycles. The zero-order chi connectivity index (χ0) is 14.3. The fourth-order valence-electron chi connectivity index (χ4n) is 1.81. The average molecular weight is 258 g/mol. The summed E-state index contributed by atoms with van der Waals surface area (Å²) in [5, 5.41) is 8.80. The summed E-state index contributed by atoms with van der Waals surface area (Å²) in [6.07, 6.45) is 2.53. The van der Waals surface area contributed by atoms with Crippen molar-refractivity contribution in [1.29, 1.82) is 0 Å². The van der Waals surface area contributed by atoms with Crippen LogP contribution in [0.3, 0.4) is 0 Å². The highest BCUT2D eigenvalue weighted by molar-refractivity contribution is 5.83. The van der Waals surface area contributed by atoms with Gasteiger partial charge in [0.2, 0.25) is 5.91 Å². The van der Waals surface area contributed by atoms with Crippen LogP contribution in [0.5, 0.6) is 0 Å². The lowest BCUT2D eigenvalue weighted by Crippen LogP contribution is -2.43. The lowest BCUT2D eigenvalue weighted by atomic mass is 10.00. The Bertz CT molecular complexity index is 277. The first kappa shape index (κ1) is 16.9. The second-order valence-electron chi connectivity index (χ2n) is 5.26. The van der Waals surface area contributed by atoms with Gasteiger partial charge in [-0.3, -0.25) is 9.59 Å². The van der Waals surface area contributed by atoms with E-state index < -0.39 is 5.97 Å². The molecule has 18 heavy (non-hydrogen) atoms.